The van der Waals surface area contributed by atoms with Gasteiger partial charge in [-0.3, -0.25) is 5.43 Å². The molecule has 0 radical (unpaired) electrons. The van der Waals surface area contributed by atoms with E-state index in [2.05, 4.69) is 38.1 Å². The summed E-state index contributed by atoms with van der Waals surface area (Å²) in [6.07, 6.45) is 55.9. The Morgan fingerprint density at radius 3 is 1.11 bits per heavy atom. The summed E-state index contributed by atoms with van der Waals surface area (Å²) in [6.45, 7) is 11.5. The third kappa shape index (κ3) is 55.7. The Morgan fingerprint density at radius 2 is 0.738 bits per heavy atom. The van der Waals surface area contributed by atoms with E-state index < -0.39 is 11.9 Å². The van der Waals surface area contributed by atoms with Gasteiger partial charge in [0.2, 0.25) is 0 Å². The zero-order valence-electron chi connectivity index (χ0n) is 41.9. The molecular formula is C54H108N2O4Sn. The standard InChI is InChI=1S/C14H28N2.2C12H24O2.2C8H17.Sn/c1-2-6-10-14(11-7-3-1)16-13-9-5-4-8-12-15-16;2*1-2-3-4-5-6-7-8-9-10-11-12(13)14;2*1-3-5-7-8-6-4-2;/h14-15H,1-13H2;2*2-11H2,1H3,(H,13,14);2*1,3-8H2,2H3;/q;;;;;+2/p-2. The first-order chi connectivity index (χ1) is 29.9. The van der Waals surface area contributed by atoms with E-state index in [0.717, 1.165) is 31.7 Å². The number of unbranched alkanes of at least 4 members (excludes halogenated alkanes) is 26. The van der Waals surface area contributed by atoms with Crippen molar-refractivity contribution in [3.05, 3.63) is 0 Å². The van der Waals surface area contributed by atoms with Crippen LogP contribution in [0.4, 0.5) is 0 Å². The molecule has 1 N–H and O–H groups in total. The Kier molecular flexibility index (Phi) is 57.4. The van der Waals surface area contributed by atoms with E-state index in [-0.39, 0.29) is 34.0 Å². The minimum atomic E-state index is -0.909. The summed E-state index contributed by atoms with van der Waals surface area (Å²) in [5.41, 5.74) is 3.67. The Balaban J connectivity index is 0. The van der Waals surface area contributed by atoms with Crippen LogP contribution in [0.15, 0.2) is 0 Å². The molecule has 0 aromatic rings. The summed E-state index contributed by atoms with van der Waals surface area (Å²) in [5, 5.41) is 22.8. The summed E-state index contributed by atoms with van der Waals surface area (Å²) in [7, 11) is 0. The molecule has 2 aliphatic rings. The second-order valence-electron chi connectivity index (χ2n) is 18.7. The molecule has 2 fully saturated rings. The van der Waals surface area contributed by atoms with Gasteiger partial charge >= 0.3 is 121 Å². The van der Waals surface area contributed by atoms with Gasteiger partial charge in [0.1, 0.15) is 0 Å². The Hall–Kier alpha value is -0.341. The number of hydrogen-bond acceptors (Lipinski definition) is 6. The molecule has 7 heteroatoms. The molecule has 61 heavy (non-hydrogen) atoms. The number of nitrogens with one attached hydrogen (secondary N) is 1. The Bertz CT molecular complexity index is 764. The number of hydrogen-bond donors (Lipinski definition) is 1. The molecule has 0 spiro atoms. The summed E-state index contributed by atoms with van der Waals surface area (Å²) >= 11 is 0.0736. The van der Waals surface area contributed by atoms with Crippen molar-refractivity contribution in [2.45, 2.75) is 319 Å². The van der Waals surface area contributed by atoms with Crippen LogP contribution >= 0.6 is 0 Å². The maximum atomic E-state index is 10.1. The SMILES string of the molecule is C1CCCC(N2CCCCCCN2)CCC1.CCCCCCCCCCCC(=O)[O-].CCCCCCCCCCCC(=O)[O-].CCCCCCC[CH2][Sn+2][CH2]CCCCCCC. The van der Waals surface area contributed by atoms with Crippen molar-refractivity contribution in [3.63, 3.8) is 0 Å². The topological polar surface area (TPSA) is 95.5 Å². The molecule has 0 aromatic heterocycles. The van der Waals surface area contributed by atoms with E-state index in [1.54, 1.807) is 21.7 Å². The predicted molar refractivity (Wildman–Crippen MR) is 265 cm³/mol. The fourth-order valence-corrected chi connectivity index (χ4v) is 12.0. The third-order valence-electron chi connectivity index (χ3n) is 12.5. The molecule has 0 amide bonds. The van der Waals surface area contributed by atoms with Crippen molar-refractivity contribution >= 4 is 33.1 Å². The van der Waals surface area contributed by atoms with Gasteiger partial charge in [-0.15, -0.1) is 0 Å². The van der Waals surface area contributed by atoms with Crippen molar-refractivity contribution in [1.82, 2.24) is 10.4 Å². The van der Waals surface area contributed by atoms with E-state index in [1.165, 1.54) is 238 Å². The Morgan fingerprint density at radius 1 is 0.426 bits per heavy atom. The van der Waals surface area contributed by atoms with Crippen LogP contribution in [-0.2, 0) is 9.59 Å². The van der Waals surface area contributed by atoms with Gasteiger partial charge in [-0.05, 0) is 51.4 Å². The van der Waals surface area contributed by atoms with Crippen LogP contribution in [-0.4, -0.2) is 57.2 Å². The fourth-order valence-electron chi connectivity index (χ4n) is 8.47. The summed E-state index contributed by atoms with van der Waals surface area (Å²) in [4.78, 5) is 20.2. The van der Waals surface area contributed by atoms with Crippen LogP contribution in [0, 0.1) is 0 Å². The predicted octanol–water partition coefficient (Wildman–Crippen LogP) is 15.0. The van der Waals surface area contributed by atoms with Crippen LogP contribution in [0.25, 0.3) is 0 Å². The first kappa shape index (κ1) is 62.7. The van der Waals surface area contributed by atoms with Crippen molar-refractivity contribution in [1.29, 1.82) is 0 Å². The number of carboxylic acid groups (broad SMARTS) is 2. The average molecular weight is 968 g/mol. The second kappa shape index (κ2) is 55.8. The van der Waals surface area contributed by atoms with E-state index in [4.69, 9.17) is 0 Å². The molecule has 1 saturated carbocycles. The summed E-state index contributed by atoms with van der Waals surface area (Å²) in [5.74, 6) is -1.82. The maximum absolute atomic E-state index is 10.1. The first-order valence-corrected chi connectivity index (χ1v) is 31.6. The molecule has 1 saturated heterocycles. The van der Waals surface area contributed by atoms with Gasteiger partial charge in [-0.2, -0.15) is 0 Å². The molecule has 1 aliphatic carbocycles. The summed E-state index contributed by atoms with van der Waals surface area (Å²) < 4.78 is 3.31. The van der Waals surface area contributed by atoms with Gasteiger partial charge in [0, 0.05) is 31.1 Å². The first-order valence-electron chi connectivity index (χ1n) is 27.5. The minimum absolute atomic E-state index is 0.0736. The zero-order chi connectivity index (χ0) is 45.0. The molecule has 0 atom stereocenters. The fraction of sp³-hybridized carbons (Fsp3) is 0.963. The van der Waals surface area contributed by atoms with Gasteiger partial charge in [0.25, 0.3) is 0 Å². The molecule has 0 unspecified atom stereocenters. The summed E-state index contributed by atoms with van der Waals surface area (Å²) in [6, 6.07) is 0.832. The van der Waals surface area contributed by atoms with Crippen molar-refractivity contribution in [3.8, 4) is 0 Å². The average Bonchev–Trinajstić information content (AvgIpc) is 3.22. The molecule has 362 valence electrons. The van der Waals surface area contributed by atoms with E-state index >= 15 is 0 Å². The molecule has 6 nitrogen and oxygen atoms in total. The Labute approximate surface area is 393 Å². The third-order valence-corrected chi connectivity index (χ3v) is 16.6. The van der Waals surface area contributed by atoms with Crippen molar-refractivity contribution in [2.75, 3.05) is 13.1 Å². The molecule has 1 heterocycles. The number of carbonyl (C=O) groups excluding carboxylic acids is 2. The van der Waals surface area contributed by atoms with Gasteiger partial charge < -0.3 is 19.8 Å². The number of nitrogens with zero attached hydrogens (tertiary/aromatic N) is 1. The van der Waals surface area contributed by atoms with E-state index in [0.29, 0.717) is 0 Å². The molecule has 0 bridgehead atoms. The van der Waals surface area contributed by atoms with Gasteiger partial charge in [0.15, 0.2) is 0 Å². The monoisotopic (exact) mass is 969 g/mol. The number of aliphatic carboxylic acids is 2. The number of carboxylic acids is 2. The van der Waals surface area contributed by atoms with E-state index in [9.17, 15) is 19.8 Å². The van der Waals surface area contributed by atoms with Crippen molar-refractivity contribution in [2.24, 2.45) is 0 Å². The molecule has 0 aromatic carbocycles. The van der Waals surface area contributed by atoms with Crippen LogP contribution < -0.4 is 15.6 Å². The molecular weight excluding hydrogens is 859 g/mol. The normalized spacial score (nSPS) is 15.0. The van der Waals surface area contributed by atoms with Crippen LogP contribution in [0.5, 0.6) is 0 Å². The van der Waals surface area contributed by atoms with Crippen LogP contribution in [0.2, 0.25) is 8.87 Å². The number of carbonyl (C=O) groups is 2. The van der Waals surface area contributed by atoms with Gasteiger partial charge in [-0.1, -0.05) is 162 Å². The van der Waals surface area contributed by atoms with Crippen LogP contribution in [0.3, 0.4) is 0 Å². The van der Waals surface area contributed by atoms with Gasteiger partial charge in [0.05, 0.1) is 0 Å². The van der Waals surface area contributed by atoms with Crippen molar-refractivity contribution < 1.29 is 19.8 Å². The van der Waals surface area contributed by atoms with Gasteiger partial charge in [-0.25, -0.2) is 5.01 Å². The zero-order valence-corrected chi connectivity index (χ0v) is 44.7. The second-order valence-corrected chi connectivity index (χ2v) is 23.0. The van der Waals surface area contributed by atoms with E-state index in [1.807, 2.05) is 0 Å². The quantitative estimate of drug-likeness (QED) is 0.0502. The molecule has 1 aliphatic heterocycles. The van der Waals surface area contributed by atoms with Crippen LogP contribution in [0.1, 0.15) is 304 Å². The number of rotatable bonds is 35. The molecule has 2 rings (SSSR count). The number of hydrazine groups is 1.